The first-order chi connectivity index (χ1) is 7.65. The minimum Gasteiger partial charge on any atom is -0.442 e. The highest BCUT2D eigenvalue weighted by Crippen LogP contribution is 2.35. The van der Waals surface area contributed by atoms with Crippen molar-refractivity contribution in [2.75, 3.05) is 6.61 Å². The first kappa shape index (κ1) is 11.0. The number of benzene rings is 1. The number of rotatable bonds is 3. The topological polar surface area (TPSA) is 61.8 Å². The number of halogens is 1. The maximum Gasteiger partial charge on any atom is 0.509 e. The Morgan fingerprint density at radius 3 is 2.62 bits per heavy atom. The van der Waals surface area contributed by atoms with E-state index in [9.17, 15) is 13.8 Å². The standard InChI is InChI=1S/C9H8FO5P/c10-6-1-3-7(4-2-6)15-16(12)8-5-13-9(11)14-8/h1-4,8,16H,5H2. The highest BCUT2D eigenvalue weighted by molar-refractivity contribution is 7.40. The molecular formula is C9H8FO5P. The van der Waals surface area contributed by atoms with Crippen molar-refractivity contribution < 1.29 is 27.7 Å². The van der Waals surface area contributed by atoms with E-state index in [0.717, 1.165) is 0 Å². The molecular weight excluding hydrogens is 238 g/mol. The lowest BCUT2D eigenvalue weighted by Gasteiger charge is -2.08. The van der Waals surface area contributed by atoms with E-state index in [1.165, 1.54) is 24.3 Å². The summed E-state index contributed by atoms with van der Waals surface area (Å²) in [7, 11) is -2.61. The van der Waals surface area contributed by atoms with Crippen LogP contribution in [0.2, 0.25) is 0 Å². The van der Waals surface area contributed by atoms with Gasteiger partial charge in [0.1, 0.15) is 18.2 Å². The predicted molar refractivity (Wildman–Crippen MR) is 52.3 cm³/mol. The Kier molecular flexibility index (Phi) is 3.10. The molecule has 1 heterocycles. The van der Waals surface area contributed by atoms with Crippen molar-refractivity contribution in [3.05, 3.63) is 30.1 Å². The molecule has 1 fully saturated rings. The summed E-state index contributed by atoms with van der Waals surface area (Å²) in [5.41, 5.74) is 0. The van der Waals surface area contributed by atoms with Gasteiger partial charge in [-0.2, -0.15) is 0 Å². The Morgan fingerprint density at radius 2 is 2.06 bits per heavy atom. The van der Waals surface area contributed by atoms with Gasteiger partial charge in [-0.05, 0) is 24.3 Å². The molecule has 2 atom stereocenters. The van der Waals surface area contributed by atoms with E-state index >= 15 is 0 Å². The van der Waals surface area contributed by atoms with Crippen molar-refractivity contribution in [1.82, 2.24) is 0 Å². The minimum absolute atomic E-state index is 0.0855. The second kappa shape index (κ2) is 4.53. The van der Waals surface area contributed by atoms with E-state index < -0.39 is 25.8 Å². The van der Waals surface area contributed by atoms with Crippen LogP contribution in [-0.2, 0) is 14.0 Å². The third kappa shape index (κ3) is 2.52. The van der Waals surface area contributed by atoms with Crippen molar-refractivity contribution in [1.29, 1.82) is 0 Å². The number of hydrogen-bond acceptors (Lipinski definition) is 5. The van der Waals surface area contributed by atoms with Crippen molar-refractivity contribution in [2.45, 2.75) is 5.85 Å². The summed E-state index contributed by atoms with van der Waals surface area (Å²) in [5, 5.41) is 0. The largest absolute Gasteiger partial charge is 0.509 e. The van der Waals surface area contributed by atoms with Crippen LogP contribution in [0.1, 0.15) is 0 Å². The highest BCUT2D eigenvalue weighted by Gasteiger charge is 2.31. The summed E-state index contributed by atoms with van der Waals surface area (Å²) in [4.78, 5) is 10.6. The molecule has 0 amide bonds. The van der Waals surface area contributed by atoms with Crippen LogP contribution in [0.25, 0.3) is 0 Å². The van der Waals surface area contributed by atoms with Gasteiger partial charge in [0.15, 0.2) is 0 Å². The fourth-order valence-corrected chi connectivity index (χ4v) is 2.04. The molecule has 0 N–H and O–H groups in total. The van der Waals surface area contributed by atoms with Crippen LogP contribution in [0.4, 0.5) is 9.18 Å². The van der Waals surface area contributed by atoms with E-state index in [1.807, 2.05) is 0 Å². The summed E-state index contributed by atoms with van der Waals surface area (Å²) < 4.78 is 38.2. The van der Waals surface area contributed by atoms with E-state index in [2.05, 4.69) is 9.47 Å². The molecule has 0 bridgehead atoms. The molecule has 1 aliphatic heterocycles. The zero-order valence-electron chi connectivity index (χ0n) is 8.01. The van der Waals surface area contributed by atoms with Gasteiger partial charge in [0.05, 0.1) is 0 Å². The van der Waals surface area contributed by atoms with Crippen molar-refractivity contribution >= 4 is 14.2 Å². The lowest BCUT2D eigenvalue weighted by molar-refractivity contribution is 0.127. The molecule has 16 heavy (non-hydrogen) atoms. The average Bonchev–Trinajstić information content (AvgIpc) is 2.68. The Labute approximate surface area is 91.0 Å². The smallest absolute Gasteiger partial charge is 0.442 e. The quantitative estimate of drug-likeness (QED) is 0.604. The monoisotopic (exact) mass is 246 g/mol. The van der Waals surface area contributed by atoms with Crippen molar-refractivity contribution in [2.24, 2.45) is 0 Å². The molecule has 1 aromatic rings. The van der Waals surface area contributed by atoms with Gasteiger partial charge >= 0.3 is 6.16 Å². The molecule has 86 valence electrons. The van der Waals surface area contributed by atoms with Crippen LogP contribution in [-0.4, -0.2) is 18.6 Å². The zero-order valence-corrected chi connectivity index (χ0v) is 9.01. The van der Waals surface area contributed by atoms with Crippen LogP contribution in [0.5, 0.6) is 5.75 Å². The lowest BCUT2D eigenvalue weighted by atomic mass is 10.3. The van der Waals surface area contributed by atoms with Gasteiger partial charge in [-0.1, -0.05) is 0 Å². The number of ether oxygens (including phenoxy) is 2. The normalized spacial score (nSPS) is 21.1. The van der Waals surface area contributed by atoms with Gasteiger partial charge in [-0.3, -0.25) is 4.57 Å². The fourth-order valence-electron chi connectivity index (χ4n) is 1.13. The molecule has 2 rings (SSSR count). The van der Waals surface area contributed by atoms with Gasteiger partial charge < -0.3 is 14.0 Å². The first-order valence-electron chi connectivity index (χ1n) is 4.46. The molecule has 2 unspecified atom stereocenters. The number of carbonyl (C=O) groups excluding carboxylic acids is 1. The molecule has 1 aromatic carbocycles. The van der Waals surface area contributed by atoms with Gasteiger partial charge in [0, 0.05) is 0 Å². The third-order valence-corrected chi connectivity index (χ3v) is 3.13. The fraction of sp³-hybridized carbons (Fsp3) is 0.222. The molecule has 1 aliphatic rings. The maximum absolute atomic E-state index is 12.6. The molecule has 0 radical (unpaired) electrons. The number of hydrogen-bond donors (Lipinski definition) is 0. The Balaban J connectivity index is 1.97. The first-order valence-corrected chi connectivity index (χ1v) is 5.85. The van der Waals surface area contributed by atoms with Crippen LogP contribution in [0.3, 0.4) is 0 Å². The summed E-state index contributed by atoms with van der Waals surface area (Å²) in [5.74, 6) is -1.03. The number of carbonyl (C=O) groups is 1. The molecule has 7 heteroatoms. The molecule has 0 saturated carbocycles. The number of cyclic esters (lactones) is 2. The van der Waals surface area contributed by atoms with Crippen LogP contribution in [0.15, 0.2) is 24.3 Å². The van der Waals surface area contributed by atoms with Gasteiger partial charge in [0.2, 0.25) is 5.85 Å². The van der Waals surface area contributed by atoms with E-state index in [-0.39, 0.29) is 12.4 Å². The minimum atomic E-state index is -2.61. The molecule has 0 aliphatic carbocycles. The Morgan fingerprint density at radius 1 is 1.38 bits per heavy atom. The Hall–Kier alpha value is -1.55. The summed E-state index contributed by atoms with van der Waals surface area (Å²) >= 11 is 0. The van der Waals surface area contributed by atoms with E-state index in [1.54, 1.807) is 0 Å². The second-order valence-corrected chi connectivity index (χ2v) is 4.53. The van der Waals surface area contributed by atoms with Crippen LogP contribution >= 0.6 is 8.03 Å². The second-order valence-electron chi connectivity index (χ2n) is 3.04. The third-order valence-electron chi connectivity index (χ3n) is 1.89. The van der Waals surface area contributed by atoms with Crippen molar-refractivity contribution in [3.63, 3.8) is 0 Å². The summed E-state index contributed by atoms with van der Waals surface area (Å²) in [6.45, 7) is -0.0855. The Bertz CT molecular complexity index is 418. The predicted octanol–water partition coefficient (Wildman–Crippen LogP) is 2.17. The van der Waals surface area contributed by atoms with Crippen LogP contribution in [0, 0.1) is 5.82 Å². The maximum atomic E-state index is 12.6. The van der Waals surface area contributed by atoms with Crippen LogP contribution < -0.4 is 4.52 Å². The molecule has 0 aromatic heterocycles. The SMILES string of the molecule is O=C1OCC([PH](=O)Oc2ccc(F)cc2)O1. The highest BCUT2D eigenvalue weighted by atomic mass is 31.1. The van der Waals surface area contributed by atoms with Gasteiger partial charge in [0.25, 0.3) is 8.03 Å². The molecule has 0 spiro atoms. The lowest BCUT2D eigenvalue weighted by Crippen LogP contribution is -2.06. The summed E-state index contributed by atoms with van der Waals surface area (Å²) in [6, 6.07) is 5.05. The van der Waals surface area contributed by atoms with Gasteiger partial charge in [-0.15, -0.1) is 0 Å². The van der Waals surface area contributed by atoms with Crippen molar-refractivity contribution in [3.8, 4) is 5.75 Å². The van der Waals surface area contributed by atoms with Gasteiger partial charge in [-0.25, -0.2) is 9.18 Å². The van der Waals surface area contributed by atoms with E-state index in [0.29, 0.717) is 0 Å². The molecule has 5 nitrogen and oxygen atoms in total. The average molecular weight is 246 g/mol. The summed E-state index contributed by atoms with van der Waals surface area (Å²) in [6.07, 6.45) is -0.856. The van der Waals surface area contributed by atoms with E-state index in [4.69, 9.17) is 4.52 Å². The molecule has 1 saturated heterocycles. The zero-order chi connectivity index (χ0) is 11.5.